The Morgan fingerprint density at radius 3 is 2.47 bits per heavy atom. The number of ether oxygens (including phenoxy) is 4. The van der Waals surface area contributed by atoms with Gasteiger partial charge in [-0.05, 0) is 25.1 Å². The highest BCUT2D eigenvalue weighted by Crippen LogP contribution is 2.35. The third-order valence-corrected chi connectivity index (χ3v) is 5.59. The molecule has 0 radical (unpaired) electrons. The molecule has 0 N–H and O–H groups in total. The summed E-state index contributed by atoms with van der Waals surface area (Å²) in [5.41, 5.74) is 1.40. The van der Waals surface area contributed by atoms with Crippen LogP contribution < -0.4 is 0 Å². The van der Waals surface area contributed by atoms with Crippen LogP contribution in [0, 0.1) is 22.9 Å². The van der Waals surface area contributed by atoms with Crippen LogP contribution >= 0.6 is 12.2 Å². The molecule has 0 aliphatic carbocycles. The van der Waals surface area contributed by atoms with Crippen LogP contribution in [0.1, 0.15) is 44.7 Å². The molecular weight excluding hydrogens is 464 g/mol. The van der Waals surface area contributed by atoms with E-state index in [2.05, 4.69) is 6.07 Å². The summed E-state index contributed by atoms with van der Waals surface area (Å²) in [7, 11) is 0. The summed E-state index contributed by atoms with van der Waals surface area (Å²) >= 11 is 5.63. The molecule has 0 spiro atoms. The van der Waals surface area contributed by atoms with Crippen molar-refractivity contribution in [3.63, 3.8) is 0 Å². The van der Waals surface area contributed by atoms with E-state index in [4.69, 9.17) is 35.6 Å². The van der Waals surface area contributed by atoms with Gasteiger partial charge in [-0.25, -0.2) is 0 Å². The number of hydrogen-bond donors (Lipinski definition) is 0. The minimum absolute atomic E-state index is 0.0776. The van der Waals surface area contributed by atoms with E-state index in [0.29, 0.717) is 17.0 Å². The van der Waals surface area contributed by atoms with Crippen molar-refractivity contribution in [1.29, 1.82) is 5.26 Å². The van der Waals surface area contributed by atoms with E-state index in [-0.39, 0.29) is 23.2 Å². The monoisotopic (exact) mass is 488 g/mol. The van der Waals surface area contributed by atoms with Crippen LogP contribution in [0.5, 0.6) is 0 Å². The van der Waals surface area contributed by atoms with Crippen LogP contribution in [0.2, 0.25) is 0 Å². The Balaban J connectivity index is 2.07. The van der Waals surface area contributed by atoms with Crippen molar-refractivity contribution in [2.45, 2.75) is 58.7 Å². The number of rotatable bonds is 6. The first kappa shape index (κ1) is 25.1. The van der Waals surface area contributed by atoms with Gasteiger partial charge in [0.25, 0.3) is 0 Å². The molecule has 4 unspecified atom stereocenters. The quantitative estimate of drug-likeness (QED) is 0.339. The highest BCUT2D eigenvalue weighted by atomic mass is 32.1. The van der Waals surface area contributed by atoms with Crippen LogP contribution in [0.4, 0.5) is 0 Å². The Kier molecular flexibility index (Phi) is 7.86. The molecule has 0 aromatic carbocycles. The molecule has 34 heavy (non-hydrogen) atoms. The molecule has 1 aliphatic heterocycles. The van der Waals surface area contributed by atoms with Crippen molar-refractivity contribution in [2.75, 3.05) is 6.61 Å². The Hall–Kier alpha value is -3.49. The molecule has 180 valence electrons. The minimum atomic E-state index is -1.01. The second kappa shape index (κ2) is 10.6. The number of esters is 3. The molecule has 0 amide bonds. The van der Waals surface area contributed by atoms with Gasteiger partial charge in [0.2, 0.25) is 0 Å². The van der Waals surface area contributed by atoms with Gasteiger partial charge in [-0.15, -0.1) is 0 Å². The van der Waals surface area contributed by atoms with Gasteiger partial charge in [0.15, 0.2) is 6.10 Å². The molecule has 3 heterocycles. The number of hydrogen-bond acceptors (Lipinski definition) is 10. The second-order valence-corrected chi connectivity index (χ2v) is 8.11. The van der Waals surface area contributed by atoms with Gasteiger partial charge in [0.1, 0.15) is 41.5 Å². The van der Waals surface area contributed by atoms with Crippen molar-refractivity contribution in [3.05, 3.63) is 40.4 Å². The zero-order chi connectivity index (χ0) is 25.0. The normalized spacial score (nSPS) is 21.9. The summed E-state index contributed by atoms with van der Waals surface area (Å²) in [6.45, 7) is 5.22. The van der Waals surface area contributed by atoms with Crippen LogP contribution in [0.15, 0.2) is 28.9 Å². The number of aromatic nitrogens is 1. The average Bonchev–Trinajstić information content (AvgIpc) is 3.28. The first-order valence-electron chi connectivity index (χ1n) is 10.5. The molecule has 0 bridgehead atoms. The SMILES string of the molecule is CC(=O)OCC1OC(n2c(C)cc(-c3ccco3)c(C#N)c2=S)CC(OC(C)=O)C1OC(C)=O. The van der Waals surface area contributed by atoms with E-state index in [9.17, 15) is 19.6 Å². The molecule has 3 rings (SSSR count). The fourth-order valence-electron chi connectivity index (χ4n) is 3.92. The Morgan fingerprint density at radius 1 is 1.21 bits per heavy atom. The van der Waals surface area contributed by atoms with Gasteiger partial charge < -0.3 is 27.9 Å². The molecular formula is C23H24N2O8S. The second-order valence-electron chi connectivity index (χ2n) is 7.73. The molecule has 1 fully saturated rings. The number of aryl methyl sites for hydroxylation is 1. The topological polar surface area (TPSA) is 130 Å². The molecule has 0 saturated carbocycles. The fourth-order valence-corrected chi connectivity index (χ4v) is 4.33. The van der Waals surface area contributed by atoms with Crippen LogP contribution in [-0.2, 0) is 33.3 Å². The molecule has 1 aliphatic rings. The van der Waals surface area contributed by atoms with Crippen LogP contribution in [-0.4, -0.2) is 47.4 Å². The van der Waals surface area contributed by atoms with Crippen LogP contribution in [0.25, 0.3) is 11.3 Å². The number of carbonyl (C=O) groups is 3. The molecule has 11 heteroatoms. The highest BCUT2D eigenvalue weighted by Gasteiger charge is 2.44. The summed E-state index contributed by atoms with van der Waals surface area (Å²) in [5.74, 6) is -1.26. The summed E-state index contributed by atoms with van der Waals surface area (Å²) in [6.07, 6.45) is -2.09. The minimum Gasteiger partial charge on any atom is -0.464 e. The predicted octanol–water partition coefficient (Wildman–Crippen LogP) is 3.37. The maximum absolute atomic E-state index is 11.8. The smallest absolute Gasteiger partial charge is 0.303 e. The lowest BCUT2D eigenvalue weighted by Crippen LogP contribution is -2.52. The first-order valence-corrected chi connectivity index (χ1v) is 10.9. The van der Waals surface area contributed by atoms with Gasteiger partial charge >= 0.3 is 17.9 Å². The first-order chi connectivity index (χ1) is 16.1. The number of furan rings is 1. The van der Waals surface area contributed by atoms with Gasteiger partial charge in [-0.2, -0.15) is 5.26 Å². The maximum Gasteiger partial charge on any atom is 0.303 e. The van der Waals surface area contributed by atoms with Crippen molar-refractivity contribution in [3.8, 4) is 17.4 Å². The fraction of sp³-hybridized carbons (Fsp3) is 0.435. The van der Waals surface area contributed by atoms with E-state index in [1.54, 1.807) is 29.7 Å². The van der Waals surface area contributed by atoms with Gasteiger partial charge in [-0.1, -0.05) is 12.2 Å². The summed E-state index contributed by atoms with van der Waals surface area (Å²) in [6, 6.07) is 7.30. The Labute approximate surface area is 201 Å². The predicted molar refractivity (Wildman–Crippen MR) is 119 cm³/mol. The standard InChI is InChI=1S/C23H24N2O8S/c1-12-8-16(18-6-5-7-29-18)17(10-24)23(34)25(12)21-9-19(31-14(3)27)22(32-15(4)28)20(33-21)11-30-13(2)26/h5-8,19-22H,9,11H2,1-4H3. The summed E-state index contributed by atoms with van der Waals surface area (Å²) in [5, 5.41) is 9.82. The average molecular weight is 489 g/mol. The molecule has 1 saturated heterocycles. The van der Waals surface area contributed by atoms with Gasteiger partial charge in [0.05, 0.1) is 11.8 Å². The lowest BCUT2D eigenvalue weighted by Gasteiger charge is -2.41. The zero-order valence-electron chi connectivity index (χ0n) is 19.1. The van der Waals surface area contributed by atoms with E-state index >= 15 is 0 Å². The summed E-state index contributed by atoms with van der Waals surface area (Å²) < 4.78 is 29.4. The molecule has 2 aromatic heterocycles. The van der Waals surface area contributed by atoms with E-state index in [0.717, 1.165) is 0 Å². The van der Waals surface area contributed by atoms with E-state index in [1.165, 1.54) is 27.0 Å². The van der Waals surface area contributed by atoms with Gasteiger partial charge in [-0.3, -0.25) is 14.4 Å². The van der Waals surface area contributed by atoms with E-state index in [1.807, 2.05) is 0 Å². The van der Waals surface area contributed by atoms with Crippen molar-refractivity contribution in [1.82, 2.24) is 4.57 Å². The highest BCUT2D eigenvalue weighted by molar-refractivity contribution is 7.71. The third-order valence-electron chi connectivity index (χ3n) is 5.19. The van der Waals surface area contributed by atoms with Gasteiger partial charge in [0, 0.05) is 38.4 Å². The Morgan fingerprint density at radius 2 is 1.91 bits per heavy atom. The number of pyridine rings is 1. The number of carbonyl (C=O) groups excluding carboxylic acids is 3. The molecule has 4 atom stereocenters. The van der Waals surface area contributed by atoms with Crippen molar-refractivity contribution < 1.29 is 37.7 Å². The number of nitriles is 1. The number of nitrogens with zero attached hydrogens (tertiary/aromatic N) is 2. The largest absolute Gasteiger partial charge is 0.464 e. The third kappa shape index (κ3) is 5.52. The molecule has 2 aromatic rings. The lowest BCUT2D eigenvalue weighted by atomic mass is 9.99. The zero-order valence-corrected chi connectivity index (χ0v) is 19.9. The summed E-state index contributed by atoms with van der Waals surface area (Å²) in [4.78, 5) is 35.0. The van der Waals surface area contributed by atoms with Crippen molar-refractivity contribution in [2.24, 2.45) is 0 Å². The Bertz CT molecular complexity index is 1180. The van der Waals surface area contributed by atoms with Crippen LogP contribution in [0.3, 0.4) is 0 Å². The van der Waals surface area contributed by atoms with Crippen molar-refractivity contribution >= 4 is 30.1 Å². The maximum atomic E-state index is 11.8. The lowest BCUT2D eigenvalue weighted by molar-refractivity contribution is -0.227. The van der Waals surface area contributed by atoms with E-state index < -0.39 is 42.4 Å². The molecule has 10 nitrogen and oxygen atoms in total.